The van der Waals surface area contributed by atoms with Crippen molar-refractivity contribution in [2.24, 2.45) is 0 Å². The summed E-state index contributed by atoms with van der Waals surface area (Å²) in [4.78, 5) is 15.0. The number of nitrogens with one attached hydrogen (secondary N) is 1. The fraction of sp³-hybridized carbons (Fsp3) is 0.583. The third-order valence-corrected chi connectivity index (χ3v) is 7.36. The zero-order chi connectivity index (χ0) is 20.0. The number of fused-ring (bicyclic) bond motifs is 2. The normalized spacial score (nSPS) is 23.3. The van der Waals surface area contributed by atoms with Crippen molar-refractivity contribution in [1.29, 1.82) is 0 Å². The first-order valence-electron chi connectivity index (χ1n) is 11.1. The Morgan fingerprint density at radius 2 is 2.00 bits per heavy atom. The summed E-state index contributed by atoms with van der Waals surface area (Å²) in [5.74, 6) is 1.54. The van der Waals surface area contributed by atoms with E-state index >= 15 is 0 Å². The third kappa shape index (κ3) is 3.61. The summed E-state index contributed by atoms with van der Waals surface area (Å²) in [7, 11) is 0. The molecule has 1 aromatic heterocycles. The number of benzene rings is 1. The first-order chi connectivity index (χ1) is 14.0. The lowest BCUT2D eigenvalue weighted by Gasteiger charge is -2.40. The maximum Gasteiger partial charge on any atom is 0.220 e. The van der Waals surface area contributed by atoms with Gasteiger partial charge in [0.25, 0.3) is 0 Å². The van der Waals surface area contributed by atoms with Crippen LogP contribution >= 0.6 is 0 Å². The molecule has 5 nitrogen and oxygen atoms in total. The van der Waals surface area contributed by atoms with Crippen molar-refractivity contribution >= 4 is 5.91 Å². The van der Waals surface area contributed by atoms with Gasteiger partial charge in [-0.15, -0.1) is 0 Å². The average Bonchev–Trinajstić information content (AvgIpc) is 3.42. The lowest BCUT2D eigenvalue weighted by Crippen LogP contribution is -2.41. The Balaban J connectivity index is 1.29. The number of rotatable bonds is 5. The van der Waals surface area contributed by atoms with E-state index in [1.807, 2.05) is 13.8 Å². The van der Waals surface area contributed by atoms with Gasteiger partial charge in [-0.25, -0.2) is 0 Å². The van der Waals surface area contributed by atoms with E-state index in [1.165, 1.54) is 16.7 Å². The molecule has 1 saturated carbocycles. The van der Waals surface area contributed by atoms with Gasteiger partial charge in [-0.2, -0.15) is 0 Å². The molecule has 2 heterocycles. The number of aryl methyl sites for hydroxylation is 2. The lowest BCUT2D eigenvalue weighted by atomic mass is 9.73. The van der Waals surface area contributed by atoms with Gasteiger partial charge in [-0.3, -0.25) is 9.69 Å². The molecule has 1 atom stereocenters. The molecule has 1 N–H and O–H groups in total. The maximum atomic E-state index is 12.5. The van der Waals surface area contributed by atoms with Gasteiger partial charge >= 0.3 is 0 Å². The van der Waals surface area contributed by atoms with E-state index < -0.39 is 0 Å². The molecule has 1 amide bonds. The number of carbonyl (C=O) groups excluding carboxylic acids is 1. The zero-order valence-electron chi connectivity index (χ0n) is 17.5. The summed E-state index contributed by atoms with van der Waals surface area (Å²) in [6, 6.07) is 9.33. The number of piperidine rings is 1. The van der Waals surface area contributed by atoms with E-state index in [0.29, 0.717) is 18.4 Å². The number of amides is 1. The molecule has 1 aromatic carbocycles. The van der Waals surface area contributed by atoms with Gasteiger partial charge in [0, 0.05) is 24.6 Å². The van der Waals surface area contributed by atoms with Crippen LogP contribution in [0.2, 0.25) is 0 Å². The fourth-order valence-electron chi connectivity index (χ4n) is 5.51. The van der Waals surface area contributed by atoms with E-state index in [9.17, 15) is 4.79 Å². The second kappa shape index (κ2) is 7.28. The second-order valence-corrected chi connectivity index (χ2v) is 9.39. The molecule has 1 saturated heterocycles. The van der Waals surface area contributed by atoms with Crippen LogP contribution in [0.15, 0.2) is 28.8 Å². The van der Waals surface area contributed by atoms with Crippen molar-refractivity contribution in [1.82, 2.24) is 15.4 Å². The molecule has 29 heavy (non-hydrogen) atoms. The number of nitrogens with zero attached hydrogens (tertiary/aromatic N) is 2. The standard InChI is InChI=1S/C24H31N3O2/c1-16-21(17(2)29-26-16)15-27-11-9-24(10-12-27)14-18(13-23(28)25-19-7-8-19)20-5-3-4-6-22(20)24/h3-6,18-19H,7-15H2,1-2H3,(H,25,28)/t18-/m1/s1. The minimum atomic E-state index is 0.232. The van der Waals surface area contributed by atoms with Crippen LogP contribution in [-0.2, 0) is 16.8 Å². The van der Waals surface area contributed by atoms with E-state index in [2.05, 4.69) is 39.6 Å². The minimum Gasteiger partial charge on any atom is -0.361 e. The summed E-state index contributed by atoms with van der Waals surface area (Å²) < 4.78 is 5.34. The number of likely N-dealkylation sites (tertiary alicyclic amines) is 1. The Labute approximate surface area is 172 Å². The summed E-state index contributed by atoms with van der Waals surface area (Å²) in [5.41, 5.74) is 5.40. The highest BCUT2D eigenvalue weighted by molar-refractivity contribution is 5.78. The molecule has 154 valence electrons. The van der Waals surface area contributed by atoms with Crippen molar-refractivity contribution in [2.75, 3.05) is 13.1 Å². The molecule has 5 rings (SSSR count). The second-order valence-electron chi connectivity index (χ2n) is 9.39. The monoisotopic (exact) mass is 393 g/mol. The summed E-state index contributed by atoms with van der Waals surface area (Å²) >= 11 is 0. The van der Waals surface area contributed by atoms with Gasteiger partial charge in [0.15, 0.2) is 0 Å². The predicted octanol–water partition coefficient (Wildman–Crippen LogP) is 3.98. The van der Waals surface area contributed by atoms with Crippen molar-refractivity contribution in [3.8, 4) is 0 Å². The highest BCUT2D eigenvalue weighted by Crippen LogP contribution is 2.52. The molecule has 5 heteroatoms. The van der Waals surface area contributed by atoms with Gasteiger partial charge in [-0.05, 0) is 81.5 Å². The molecular formula is C24H31N3O2. The Morgan fingerprint density at radius 3 is 2.69 bits per heavy atom. The van der Waals surface area contributed by atoms with Gasteiger partial charge in [0.1, 0.15) is 5.76 Å². The first kappa shape index (κ1) is 18.9. The minimum absolute atomic E-state index is 0.232. The molecule has 1 spiro atoms. The van der Waals surface area contributed by atoms with Crippen molar-refractivity contribution in [3.05, 3.63) is 52.4 Å². The molecular weight excluding hydrogens is 362 g/mol. The van der Waals surface area contributed by atoms with Crippen LogP contribution in [0.25, 0.3) is 0 Å². The van der Waals surface area contributed by atoms with Gasteiger partial charge in [0.2, 0.25) is 5.91 Å². The Kier molecular flexibility index (Phi) is 4.73. The number of hydrogen-bond donors (Lipinski definition) is 1. The van der Waals surface area contributed by atoms with Crippen LogP contribution in [0.1, 0.15) is 72.6 Å². The maximum absolute atomic E-state index is 12.5. The van der Waals surface area contributed by atoms with Crippen molar-refractivity contribution in [2.45, 2.75) is 76.3 Å². The van der Waals surface area contributed by atoms with E-state index in [0.717, 1.165) is 63.2 Å². The smallest absolute Gasteiger partial charge is 0.220 e. The number of carbonyl (C=O) groups is 1. The van der Waals surface area contributed by atoms with Crippen LogP contribution in [0, 0.1) is 13.8 Å². The van der Waals surface area contributed by atoms with Gasteiger partial charge < -0.3 is 9.84 Å². The summed E-state index contributed by atoms with van der Waals surface area (Å²) in [6.07, 6.45) is 6.37. The zero-order valence-corrected chi connectivity index (χ0v) is 17.5. The van der Waals surface area contributed by atoms with Crippen molar-refractivity contribution < 1.29 is 9.32 Å². The largest absolute Gasteiger partial charge is 0.361 e. The van der Waals surface area contributed by atoms with Crippen LogP contribution in [0.3, 0.4) is 0 Å². The molecule has 0 radical (unpaired) electrons. The van der Waals surface area contributed by atoms with Gasteiger partial charge in [-0.1, -0.05) is 29.4 Å². The van der Waals surface area contributed by atoms with E-state index in [1.54, 1.807) is 0 Å². The third-order valence-electron chi connectivity index (χ3n) is 7.36. The Morgan fingerprint density at radius 1 is 1.24 bits per heavy atom. The Hall–Kier alpha value is -2.14. The number of hydrogen-bond acceptors (Lipinski definition) is 4. The van der Waals surface area contributed by atoms with Crippen molar-refractivity contribution in [3.63, 3.8) is 0 Å². The molecule has 1 aliphatic heterocycles. The van der Waals surface area contributed by atoms with Crippen LogP contribution < -0.4 is 5.32 Å². The fourth-order valence-corrected chi connectivity index (χ4v) is 5.51. The van der Waals surface area contributed by atoms with Crippen LogP contribution in [-0.4, -0.2) is 35.1 Å². The molecule has 0 bridgehead atoms. The predicted molar refractivity (Wildman–Crippen MR) is 112 cm³/mol. The quantitative estimate of drug-likeness (QED) is 0.835. The summed E-state index contributed by atoms with van der Waals surface area (Å²) in [6.45, 7) is 7.12. The van der Waals surface area contributed by atoms with Crippen LogP contribution in [0.4, 0.5) is 0 Å². The molecule has 2 aliphatic carbocycles. The summed E-state index contributed by atoms with van der Waals surface area (Å²) in [5, 5.41) is 7.29. The van der Waals surface area contributed by atoms with Gasteiger partial charge in [0.05, 0.1) is 5.69 Å². The molecule has 2 aromatic rings. The first-order valence-corrected chi connectivity index (χ1v) is 11.1. The van der Waals surface area contributed by atoms with Crippen LogP contribution in [0.5, 0.6) is 0 Å². The average molecular weight is 394 g/mol. The number of aromatic nitrogens is 1. The molecule has 2 fully saturated rings. The SMILES string of the molecule is Cc1noc(C)c1CN1CCC2(CC1)C[C@@H](CC(=O)NC1CC1)c1ccccc12. The Bertz CT molecular complexity index is 887. The van der Waals surface area contributed by atoms with E-state index in [4.69, 9.17) is 4.52 Å². The van der Waals surface area contributed by atoms with E-state index in [-0.39, 0.29) is 11.3 Å². The highest BCUT2D eigenvalue weighted by atomic mass is 16.5. The molecule has 3 aliphatic rings. The lowest BCUT2D eigenvalue weighted by molar-refractivity contribution is -0.121. The molecule has 0 unspecified atom stereocenters. The highest BCUT2D eigenvalue weighted by Gasteiger charge is 2.45. The topological polar surface area (TPSA) is 58.4 Å².